The molecule has 0 amide bonds. The molecule has 0 N–H and O–H groups in total. The molecule has 0 saturated carbocycles. The van der Waals surface area contributed by atoms with Crippen molar-refractivity contribution in [1.29, 1.82) is 0 Å². The molecule has 2 aliphatic rings. The average Bonchev–Trinajstić information content (AvgIpc) is 3.07. The van der Waals surface area contributed by atoms with E-state index in [4.69, 9.17) is 9.15 Å². The summed E-state index contributed by atoms with van der Waals surface area (Å²) in [5.74, 6) is 1.05. The number of nitrogens with zero attached hydrogens (tertiary/aromatic N) is 1. The highest BCUT2D eigenvalue weighted by Crippen LogP contribution is 2.34. The van der Waals surface area contributed by atoms with E-state index in [0.29, 0.717) is 36.6 Å². The maximum absolute atomic E-state index is 12.6. The van der Waals surface area contributed by atoms with Crippen LogP contribution in [-0.4, -0.2) is 37.6 Å². The van der Waals surface area contributed by atoms with Crippen molar-refractivity contribution in [2.75, 3.05) is 18.2 Å². The summed E-state index contributed by atoms with van der Waals surface area (Å²) < 4.78 is 35.2. The van der Waals surface area contributed by atoms with E-state index >= 15 is 0 Å². The summed E-state index contributed by atoms with van der Waals surface area (Å²) in [5, 5.41) is 0.821. The van der Waals surface area contributed by atoms with Gasteiger partial charge in [-0.15, -0.1) is 0 Å². The Hall–Kier alpha value is -2.64. The van der Waals surface area contributed by atoms with Crippen LogP contribution in [0.15, 0.2) is 57.7 Å². The fraction of sp³-hybridized carbons (Fsp3) is 0.286. The van der Waals surface area contributed by atoms with Crippen molar-refractivity contribution in [2.45, 2.75) is 19.0 Å². The highest BCUT2D eigenvalue weighted by atomic mass is 32.2. The number of benzene rings is 2. The molecule has 1 fully saturated rings. The lowest BCUT2D eigenvalue weighted by molar-refractivity contribution is 0.0649. The smallest absolute Gasteiger partial charge is 0.344 e. The molecule has 2 aliphatic heterocycles. The van der Waals surface area contributed by atoms with Crippen LogP contribution in [0.25, 0.3) is 22.1 Å². The summed E-state index contributed by atoms with van der Waals surface area (Å²) >= 11 is 0. The molecule has 0 spiro atoms. The molecule has 0 bridgehead atoms. The minimum absolute atomic E-state index is 0.0660. The third kappa shape index (κ3) is 3.00. The Bertz CT molecular complexity index is 1220. The molecular weight excluding hydrogens is 378 g/mol. The number of fused-ring (bicyclic) bond motifs is 3. The van der Waals surface area contributed by atoms with Gasteiger partial charge in [0.1, 0.15) is 18.1 Å². The first-order chi connectivity index (χ1) is 13.5. The first-order valence-corrected chi connectivity index (χ1v) is 11.0. The molecule has 0 aliphatic carbocycles. The van der Waals surface area contributed by atoms with Crippen molar-refractivity contribution >= 4 is 20.8 Å². The molecule has 3 heterocycles. The second kappa shape index (κ2) is 6.46. The van der Waals surface area contributed by atoms with Gasteiger partial charge in [-0.25, -0.2) is 13.2 Å². The number of hydrogen-bond donors (Lipinski definition) is 0. The van der Waals surface area contributed by atoms with Crippen molar-refractivity contribution in [1.82, 2.24) is 4.90 Å². The van der Waals surface area contributed by atoms with Gasteiger partial charge in [0.05, 0.1) is 22.6 Å². The van der Waals surface area contributed by atoms with Gasteiger partial charge in [0.15, 0.2) is 9.84 Å². The second-order valence-electron chi connectivity index (χ2n) is 7.35. The van der Waals surface area contributed by atoms with Gasteiger partial charge in [0.25, 0.3) is 0 Å². The van der Waals surface area contributed by atoms with Gasteiger partial charge in [-0.3, -0.25) is 4.90 Å². The van der Waals surface area contributed by atoms with Crippen LogP contribution in [0, 0.1) is 0 Å². The molecule has 7 heteroatoms. The van der Waals surface area contributed by atoms with Crippen LogP contribution in [0.3, 0.4) is 0 Å². The molecule has 1 aromatic heterocycles. The monoisotopic (exact) mass is 397 g/mol. The maximum Gasteiger partial charge on any atom is 0.344 e. The zero-order valence-electron chi connectivity index (χ0n) is 15.1. The van der Waals surface area contributed by atoms with Crippen LogP contribution in [0.2, 0.25) is 0 Å². The van der Waals surface area contributed by atoms with Gasteiger partial charge in [-0.2, -0.15) is 0 Å². The van der Waals surface area contributed by atoms with E-state index in [9.17, 15) is 13.2 Å². The molecule has 6 nitrogen and oxygen atoms in total. The van der Waals surface area contributed by atoms with E-state index in [1.54, 1.807) is 0 Å². The van der Waals surface area contributed by atoms with E-state index in [2.05, 4.69) is 0 Å². The van der Waals surface area contributed by atoms with E-state index < -0.39 is 15.5 Å². The van der Waals surface area contributed by atoms with Crippen LogP contribution in [-0.2, 0) is 16.4 Å². The molecule has 3 aromatic rings. The number of hydrogen-bond acceptors (Lipinski definition) is 6. The lowest BCUT2D eigenvalue weighted by atomic mass is 10.0. The highest BCUT2D eigenvalue weighted by molar-refractivity contribution is 7.91. The lowest BCUT2D eigenvalue weighted by Crippen LogP contribution is -2.41. The quantitative estimate of drug-likeness (QED) is 0.619. The zero-order valence-corrected chi connectivity index (χ0v) is 15.9. The van der Waals surface area contributed by atoms with Gasteiger partial charge in [0.2, 0.25) is 0 Å². The molecule has 0 radical (unpaired) electrons. The van der Waals surface area contributed by atoms with Crippen molar-refractivity contribution in [3.8, 4) is 16.9 Å². The second-order valence-corrected chi connectivity index (χ2v) is 9.58. The summed E-state index contributed by atoms with van der Waals surface area (Å²) in [6.07, 6.45) is 0.605. The predicted molar refractivity (Wildman–Crippen MR) is 106 cm³/mol. The molecule has 144 valence electrons. The third-order valence-corrected chi connectivity index (χ3v) is 7.27. The Kier molecular flexibility index (Phi) is 4.03. The van der Waals surface area contributed by atoms with Crippen molar-refractivity contribution in [2.24, 2.45) is 0 Å². The standard InChI is InChI=1S/C21H19NO5S/c23-21-17(14-4-2-1-3-5-14)10-15-6-7-19-18(20(15)27-21)11-22(13-26-19)16-8-9-28(24,25)12-16/h1-7,10,16H,8-9,11-13H2/t16-/m0/s1. The average molecular weight is 397 g/mol. The minimum Gasteiger partial charge on any atom is -0.478 e. The molecule has 1 atom stereocenters. The summed E-state index contributed by atoms with van der Waals surface area (Å²) in [4.78, 5) is 14.7. The molecular formula is C21H19NO5S. The number of sulfone groups is 1. The molecule has 0 unspecified atom stereocenters. The fourth-order valence-corrected chi connectivity index (χ4v) is 5.79. The number of rotatable bonds is 2. The van der Waals surface area contributed by atoms with Gasteiger partial charge >= 0.3 is 5.63 Å². The minimum atomic E-state index is -2.98. The van der Waals surface area contributed by atoms with Crippen LogP contribution >= 0.6 is 0 Å². The Morgan fingerprint density at radius 1 is 1.07 bits per heavy atom. The summed E-state index contributed by atoms with van der Waals surface area (Å²) in [7, 11) is -2.98. The van der Waals surface area contributed by atoms with Gasteiger partial charge in [-0.05, 0) is 30.2 Å². The summed E-state index contributed by atoms with van der Waals surface area (Å²) in [6.45, 7) is 0.839. The van der Waals surface area contributed by atoms with Gasteiger partial charge in [-0.1, -0.05) is 30.3 Å². The Morgan fingerprint density at radius 3 is 2.64 bits per heavy atom. The van der Waals surface area contributed by atoms with Crippen LogP contribution in [0.4, 0.5) is 0 Å². The van der Waals surface area contributed by atoms with Gasteiger partial charge in [0, 0.05) is 18.0 Å². The first kappa shape index (κ1) is 17.5. The molecule has 2 aromatic carbocycles. The maximum atomic E-state index is 12.6. The topological polar surface area (TPSA) is 76.8 Å². The fourth-order valence-electron chi connectivity index (χ4n) is 4.03. The lowest BCUT2D eigenvalue weighted by Gasteiger charge is -2.33. The van der Waals surface area contributed by atoms with Crippen LogP contribution in [0.5, 0.6) is 5.75 Å². The van der Waals surface area contributed by atoms with E-state index in [-0.39, 0.29) is 17.5 Å². The van der Waals surface area contributed by atoms with Gasteiger partial charge < -0.3 is 9.15 Å². The van der Waals surface area contributed by atoms with Crippen LogP contribution < -0.4 is 10.4 Å². The SMILES string of the molecule is O=c1oc2c3c(ccc2cc1-c1ccccc1)OCN([C@H]1CCS(=O)(=O)C1)C3. The van der Waals surface area contributed by atoms with E-state index in [0.717, 1.165) is 16.5 Å². The predicted octanol–water partition coefficient (Wildman–Crippen LogP) is 2.80. The van der Waals surface area contributed by atoms with Crippen molar-refractivity contribution in [3.63, 3.8) is 0 Å². The Labute approximate surface area is 162 Å². The Balaban J connectivity index is 1.56. The number of ether oxygens (including phenoxy) is 1. The van der Waals surface area contributed by atoms with E-state index in [1.165, 1.54) is 0 Å². The third-order valence-electron chi connectivity index (χ3n) is 5.52. The summed E-state index contributed by atoms with van der Waals surface area (Å²) in [5.41, 5.74) is 2.23. The normalized spacial score (nSPS) is 21.4. The Morgan fingerprint density at radius 2 is 1.89 bits per heavy atom. The van der Waals surface area contributed by atoms with Crippen LogP contribution in [0.1, 0.15) is 12.0 Å². The highest BCUT2D eigenvalue weighted by Gasteiger charge is 2.35. The zero-order chi connectivity index (χ0) is 19.3. The van der Waals surface area contributed by atoms with Crippen molar-refractivity contribution in [3.05, 3.63) is 64.5 Å². The largest absolute Gasteiger partial charge is 0.478 e. The first-order valence-electron chi connectivity index (χ1n) is 9.23. The molecule has 5 rings (SSSR count). The van der Waals surface area contributed by atoms with E-state index in [1.807, 2.05) is 53.4 Å². The molecule has 1 saturated heterocycles. The summed E-state index contributed by atoms with van der Waals surface area (Å²) in [6, 6.07) is 15.0. The van der Waals surface area contributed by atoms with Crippen molar-refractivity contribution < 1.29 is 17.6 Å². The molecule has 28 heavy (non-hydrogen) atoms.